The fourth-order valence-corrected chi connectivity index (χ4v) is 1.98. The number of anilines is 2. The van der Waals surface area contributed by atoms with E-state index in [0.717, 1.165) is 0 Å². The van der Waals surface area contributed by atoms with Crippen molar-refractivity contribution in [3.63, 3.8) is 0 Å². The highest BCUT2D eigenvalue weighted by atomic mass is 35.5. The van der Waals surface area contributed by atoms with Crippen molar-refractivity contribution in [2.75, 3.05) is 17.7 Å². The van der Waals surface area contributed by atoms with E-state index in [2.05, 4.69) is 10.5 Å². The highest BCUT2D eigenvalue weighted by molar-refractivity contribution is 6.34. The summed E-state index contributed by atoms with van der Waals surface area (Å²) in [5.41, 5.74) is 6.84. The lowest BCUT2D eigenvalue weighted by molar-refractivity contribution is 0.0527. The maximum Gasteiger partial charge on any atom is 0.340 e. The van der Waals surface area contributed by atoms with Crippen molar-refractivity contribution < 1.29 is 14.1 Å². The Kier molecular flexibility index (Phi) is 4.47. The van der Waals surface area contributed by atoms with Crippen LogP contribution in [0.4, 0.5) is 11.4 Å². The molecule has 6 nitrogen and oxygen atoms in total. The molecule has 0 fully saturated rings. The standard InChI is InChI=1S/C13H14ClN3O3/c1-2-19-13(18)10-5-8(15)6-11(14)12(10)16-7-9-3-4-17-20-9/h3-6,16H,2,7,15H2,1H3. The molecule has 0 spiro atoms. The van der Waals surface area contributed by atoms with Crippen molar-refractivity contribution in [3.8, 4) is 0 Å². The molecule has 1 aromatic carbocycles. The summed E-state index contributed by atoms with van der Waals surface area (Å²) in [5.74, 6) is 0.134. The summed E-state index contributed by atoms with van der Waals surface area (Å²) in [4.78, 5) is 11.9. The highest BCUT2D eigenvalue weighted by Gasteiger charge is 2.17. The van der Waals surface area contributed by atoms with Gasteiger partial charge in [-0.05, 0) is 19.1 Å². The smallest absolute Gasteiger partial charge is 0.340 e. The average molecular weight is 296 g/mol. The second-order valence-electron chi connectivity index (χ2n) is 3.98. The fraction of sp³-hybridized carbons (Fsp3) is 0.231. The third-order valence-electron chi connectivity index (χ3n) is 2.54. The van der Waals surface area contributed by atoms with Gasteiger partial charge >= 0.3 is 5.97 Å². The number of carbonyl (C=O) groups excluding carboxylic acids is 1. The van der Waals surface area contributed by atoms with Crippen LogP contribution in [0.1, 0.15) is 23.0 Å². The first-order chi connectivity index (χ1) is 9.61. The normalized spacial score (nSPS) is 10.3. The molecule has 0 amide bonds. The average Bonchev–Trinajstić information content (AvgIpc) is 2.90. The maximum atomic E-state index is 11.9. The summed E-state index contributed by atoms with van der Waals surface area (Å²) >= 11 is 6.12. The van der Waals surface area contributed by atoms with Gasteiger partial charge in [0, 0.05) is 11.8 Å². The summed E-state index contributed by atoms with van der Waals surface area (Å²) in [5, 5.41) is 6.97. The second kappa shape index (κ2) is 6.29. The molecule has 106 valence electrons. The molecule has 1 aromatic heterocycles. The number of benzene rings is 1. The number of carbonyl (C=O) groups is 1. The van der Waals surface area contributed by atoms with Crippen LogP contribution >= 0.6 is 11.6 Å². The van der Waals surface area contributed by atoms with Gasteiger partial charge in [0.05, 0.1) is 35.6 Å². The van der Waals surface area contributed by atoms with Crippen molar-refractivity contribution in [3.05, 3.63) is 40.7 Å². The van der Waals surface area contributed by atoms with Crippen LogP contribution in [-0.4, -0.2) is 17.7 Å². The zero-order chi connectivity index (χ0) is 14.5. The van der Waals surface area contributed by atoms with Gasteiger partial charge in [0.2, 0.25) is 0 Å². The number of aromatic nitrogens is 1. The second-order valence-corrected chi connectivity index (χ2v) is 4.39. The van der Waals surface area contributed by atoms with Gasteiger partial charge in [-0.2, -0.15) is 0 Å². The maximum absolute atomic E-state index is 11.9. The van der Waals surface area contributed by atoms with E-state index < -0.39 is 5.97 Å². The minimum absolute atomic E-state index is 0.271. The predicted octanol–water partition coefficient (Wildman–Crippen LogP) is 2.70. The first-order valence-electron chi connectivity index (χ1n) is 6.01. The fourth-order valence-electron chi connectivity index (χ4n) is 1.69. The van der Waals surface area contributed by atoms with Crippen LogP contribution in [0.2, 0.25) is 5.02 Å². The number of rotatable bonds is 5. The number of nitrogens with zero attached hydrogens (tertiary/aromatic N) is 1. The first kappa shape index (κ1) is 14.2. The van der Waals surface area contributed by atoms with Crippen molar-refractivity contribution in [2.45, 2.75) is 13.5 Å². The third kappa shape index (κ3) is 3.21. The molecule has 1 heterocycles. The van der Waals surface area contributed by atoms with E-state index in [-0.39, 0.29) is 12.2 Å². The Hall–Kier alpha value is -2.21. The molecule has 0 aliphatic rings. The molecule has 2 aromatic rings. The highest BCUT2D eigenvalue weighted by Crippen LogP contribution is 2.30. The van der Waals surface area contributed by atoms with Crippen molar-refractivity contribution in [1.82, 2.24) is 5.16 Å². The number of halogens is 1. The lowest BCUT2D eigenvalue weighted by atomic mass is 10.1. The van der Waals surface area contributed by atoms with Crippen molar-refractivity contribution in [2.24, 2.45) is 0 Å². The molecule has 0 atom stereocenters. The number of nitrogens with one attached hydrogen (secondary N) is 1. The van der Waals surface area contributed by atoms with Gasteiger partial charge in [0.15, 0.2) is 5.76 Å². The van der Waals surface area contributed by atoms with Crippen molar-refractivity contribution in [1.29, 1.82) is 0 Å². The quantitative estimate of drug-likeness (QED) is 0.651. The molecule has 0 radical (unpaired) electrons. The molecule has 3 N–H and O–H groups in total. The van der Waals surface area contributed by atoms with E-state index >= 15 is 0 Å². The van der Waals surface area contributed by atoms with E-state index in [0.29, 0.717) is 28.7 Å². The number of hydrogen-bond acceptors (Lipinski definition) is 6. The Morgan fingerprint density at radius 3 is 3.00 bits per heavy atom. The van der Waals surface area contributed by atoms with E-state index in [1.54, 1.807) is 19.1 Å². The minimum atomic E-state index is -0.484. The molecule has 0 aliphatic carbocycles. The SMILES string of the molecule is CCOC(=O)c1cc(N)cc(Cl)c1NCc1ccno1. The molecule has 0 unspecified atom stereocenters. The Morgan fingerprint density at radius 1 is 1.55 bits per heavy atom. The molecular formula is C13H14ClN3O3. The number of ether oxygens (including phenoxy) is 1. The van der Waals surface area contributed by atoms with Crippen molar-refractivity contribution >= 4 is 28.9 Å². The summed E-state index contributed by atoms with van der Waals surface area (Å²) < 4.78 is 9.96. The van der Waals surface area contributed by atoms with Gasteiger partial charge in [0.25, 0.3) is 0 Å². The predicted molar refractivity (Wildman–Crippen MR) is 75.7 cm³/mol. The Morgan fingerprint density at radius 2 is 2.35 bits per heavy atom. The van der Waals surface area contributed by atoms with Crippen LogP contribution in [0, 0.1) is 0 Å². The summed E-state index contributed by atoms with van der Waals surface area (Å²) in [6.07, 6.45) is 1.54. The summed E-state index contributed by atoms with van der Waals surface area (Å²) in [6, 6.07) is 4.79. The number of nitrogens with two attached hydrogens (primary N) is 1. The van der Waals surface area contributed by atoms with Gasteiger partial charge in [-0.1, -0.05) is 16.8 Å². The zero-order valence-electron chi connectivity index (χ0n) is 10.9. The van der Waals surface area contributed by atoms with E-state index in [9.17, 15) is 4.79 Å². The monoisotopic (exact) mass is 295 g/mol. The van der Waals surface area contributed by atoms with Gasteiger partial charge in [-0.3, -0.25) is 0 Å². The molecular weight excluding hydrogens is 282 g/mol. The van der Waals surface area contributed by atoms with Gasteiger partial charge in [-0.15, -0.1) is 0 Å². The lowest BCUT2D eigenvalue weighted by Crippen LogP contribution is -2.11. The third-order valence-corrected chi connectivity index (χ3v) is 2.84. The Balaban J connectivity index is 2.27. The largest absolute Gasteiger partial charge is 0.462 e. The minimum Gasteiger partial charge on any atom is -0.462 e. The lowest BCUT2D eigenvalue weighted by Gasteiger charge is -2.13. The zero-order valence-corrected chi connectivity index (χ0v) is 11.6. The number of nitrogen functional groups attached to an aromatic ring is 1. The topological polar surface area (TPSA) is 90.4 Å². The van der Waals surface area contributed by atoms with Gasteiger partial charge in [-0.25, -0.2) is 4.79 Å². The summed E-state index contributed by atoms with van der Waals surface area (Å²) in [7, 11) is 0. The Labute approximate surface area is 120 Å². The molecule has 20 heavy (non-hydrogen) atoms. The molecule has 0 saturated carbocycles. The van der Waals surface area contributed by atoms with Gasteiger partial charge < -0.3 is 20.3 Å². The van der Waals surface area contributed by atoms with E-state index in [1.165, 1.54) is 12.3 Å². The van der Waals surface area contributed by atoms with Crippen LogP contribution in [0.3, 0.4) is 0 Å². The molecule has 7 heteroatoms. The number of hydrogen-bond donors (Lipinski definition) is 2. The van der Waals surface area contributed by atoms with Crippen LogP contribution in [0.15, 0.2) is 28.9 Å². The van der Waals surface area contributed by atoms with Crippen LogP contribution < -0.4 is 11.1 Å². The van der Waals surface area contributed by atoms with Gasteiger partial charge in [0.1, 0.15) is 0 Å². The molecule has 0 saturated heterocycles. The molecule has 0 bridgehead atoms. The molecule has 0 aliphatic heterocycles. The van der Waals surface area contributed by atoms with Crippen LogP contribution in [0.25, 0.3) is 0 Å². The van der Waals surface area contributed by atoms with E-state index in [4.69, 9.17) is 26.6 Å². The van der Waals surface area contributed by atoms with Crippen LogP contribution in [-0.2, 0) is 11.3 Å². The Bertz CT molecular complexity index is 599. The summed E-state index contributed by atoms with van der Waals surface area (Å²) in [6.45, 7) is 2.34. The number of esters is 1. The first-order valence-corrected chi connectivity index (χ1v) is 6.39. The molecule has 2 rings (SSSR count). The van der Waals surface area contributed by atoms with E-state index in [1.807, 2.05) is 0 Å². The van der Waals surface area contributed by atoms with Crippen LogP contribution in [0.5, 0.6) is 0 Å².